The molecule has 0 amide bonds. The zero-order valence-corrected chi connectivity index (χ0v) is 12.6. The highest BCUT2D eigenvalue weighted by Crippen LogP contribution is 2.28. The molecule has 0 aliphatic carbocycles. The van der Waals surface area contributed by atoms with Gasteiger partial charge in [-0.25, -0.2) is 14.5 Å². The number of carboxylic acids is 1. The molecule has 3 rings (SSSR count). The molecule has 0 atom stereocenters. The van der Waals surface area contributed by atoms with E-state index in [9.17, 15) is 4.79 Å². The molecule has 0 unspecified atom stereocenters. The molecule has 110 valence electrons. The molecule has 0 saturated carbocycles. The molecule has 0 spiro atoms. The van der Waals surface area contributed by atoms with Crippen LogP contribution in [0.4, 0.5) is 0 Å². The number of aromatic carboxylic acids is 1. The zero-order valence-electron chi connectivity index (χ0n) is 11.1. The fourth-order valence-corrected chi connectivity index (χ4v) is 2.49. The van der Waals surface area contributed by atoms with E-state index in [1.54, 1.807) is 18.2 Å². The summed E-state index contributed by atoms with van der Waals surface area (Å²) in [6, 6.07) is 14.0. The van der Waals surface area contributed by atoms with Crippen LogP contribution in [0.15, 0.2) is 48.5 Å². The summed E-state index contributed by atoms with van der Waals surface area (Å²) in [6.45, 7) is 0. The number of halogens is 2. The number of carboxylic acid groups (broad SMARTS) is 1. The van der Waals surface area contributed by atoms with Gasteiger partial charge in [0.05, 0.1) is 10.7 Å². The van der Waals surface area contributed by atoms with Crippen LogP contribution in [0, 0.1) is 0 Å². The standard InChI is InChI=1S/C15H9Cl2N3O2/c16-10-6-7-12(11(17)8-10)20-14(9-4-2-1-3-5-9)18-13(19-20)15(21)22/h1-8H,(H,21,22). The Balaban J connectivity index is 2.24. The highest BCUT2D eigenvalue weighted by molar-refractivity contribution is 6.35. The third-order valence-electron chi connectivity index (χ3n) is 2.97. The maximum absolute atomic E-state index is 11.2. The third kappa shape index (κ3) is 2.68. The van der Waals surface area contributed by atoms with Crippen molar-refractivity contribution in [3.8, 4) is 17.1 Å². The molecule has 0 bridgehead atoms. The lowest BCUT2D eigenvalue weighted by Crippen LogP contribution is -2.03. The van der Waals surface area contributed by atoms with Gasteiger partial charge in [0, 0.05) is 10.6 Å². The van der Waals surface area contributed by atoms with Crippen molar-refractivity contribution >= 4 is 29.2 Å². The predicted octanol–water partition coefficient (Wildman–Crippen LogP) is 3.94. The first-order chi connectivity index (χ1) is 10.6. The first-order valence-electron chi connectivity index (χ1n) is 6.27. The lowest BCUT2D eigenvalue weighted by atomic mass is 10.2. The van der Waals surface area contributed by atoms with Gasteiger partial charge in [0.2, 0.25) is 0 Å². The van der Waals surface area contributed by atoms with Crippen LogP contribution >= 0.6 is 23.2 Å². The number of benzene rings is 2. The van der Waals surface area contributed by atoms with Gasteiger partial charge in [-0.1, -0.05) is 53.5 Å². The molecule has 22 heavy (non-hydrogen) atoms. The van der Waals surface area contributed by atoms with Gasteiger partial charge in [0.1, 0.15) is 0 Å². The van der Waals surface area contributed by atoms with E-state index in [1.807, 2.05) is 30.3 Å². The predicted molar refractivity (Wildman–Crippen MR) is 83.8 cm³/mol. The molecule has 1 N–H and O–H groups in total. The van der Waals surface area contributed by atoms with Gasteiger partial charge in [-0.05, 0) is 18.2 Å². The van der Waals surface area contributed by atoms with Crippen LogP contribution < -0.4 is 0 Å². The molecular formula is C15H9Cl2N3O2. The Kier molecular flexibility index (Phi) is 3.83. The Morgan fingerprint density at radius 3 is 2.45 bits per heavy atom. The average Bonchev–Trinajstić information content (AvgIpc) is 2.93. The lowest BCUT2D eigenvalue weighted by molar-refractivity contribution is 0.0683. The molecule has 0 saturated heterocycles. The molecule has 2 aromatic carbocycles. The van der Waals surface area contributed by atoms with Crippen molar-refractivity contribution in [3.05, 3.63) is 64.4 Å². The lowest BCUT2D eigenvalue weighted by Gasteiger charge is -2.08. The smallest absolute Gasteiger partial charge is 0.375 e. The van der Waals surface area contributed by atoms with Gasteiger partial charge in [0.25, 0.3) is 5.82 Å². The molecule has 0 fully saturated rings. The Hall–Kier alpha value is -2.37. The Morgan fingerprint density at radius 1 is 1.09 bits per heavy atom. The Bertz CT molecular complexity index is 847. The van der Waals surface area contributed by atoms with E-state index in [1.165, 1.54) is 4.68 Å². The van der Waals surface area contributed by atoms with Gasteiger partial charge < -0.3 is 5.11 Å². The fourth-order valence-electron chi connectivity index (χ4n) is 2.00. The minimum absolute atomic E-state index is 0.301. The molecule has 7 heteroatoms. The Labute approximate surface area is 135 Å². The number of aromatic nitrogens is 3. The first-order valence-corrected chi connectivity index (χ1v) is 7.03. The number of hydrogen-bond acceptors (Lipinski definition) is 3. The van der Waals surface area contributed by atoms with Crippen molar-refractivity contribution < 1.29 is 9.90 Å². The van der Waals surface area contributed by atoms with E-state index < -0.39 is 5.97 Å². The summed E-state index contributed by atoms with van der Waals surface area (Å²) in [5.41, 5.74) is 1.23. The second-order valence-electron chi connectivity index (χ2n) is 4.44. The van der Waals surface area contributed by atoms with E-state index in [0.717, 1.165) is 5.56 Å². The van der Waals surface area contributed by atoms with Gasteiger partial charge in [-0.3, -0.25) is 0 Å². The second-order valence-corrected chi connectivity index (χ2v) is 5.28. The van der Waals surface area contributed by atoms with Crippen LogP contribution in [-0.4, -0.2) is 25.8 Å². The van der Waals surface area contributed by atoms with Crippen LogP contribution in [0.2, 0.25) is 10.0 Å². The molecule has 1 aromatic heterocycles. The topological polar surface area (TPSA) is 68.0 Å². The SMILES string of the molecule is O=C(O)c1nc(-c2ccccc2)n(-c2ccc(Cl)cc2Cl)n1. The normalized spacial score (nSPS) is 10.6. The van der Waals surface area contributed by atoms with Crippen molar-refractivity contribution in [3.63, 3.8) is 0 Å². The summed E-state index contributed by atoms with van der Waals surface area (Å²) in [6.07, 6.45) is 0. The molecule has 0 aliphatic heterocycles. The van der Waals surface area contributed by atoms with Crippen molar-refractivity contribution in [2.45, 2.75) is 0 Å². The van der Waals surface area contributed by atoms with Gasteiger partial charge in [0.15, 0.2) is 5.82 Å². The van der Waals surface area contributed by atoms with E-state index in [4.69, 9.17) is 28.3 Å². The monoisotopic (exact) mass is 333 g/mol. The minimum atomic E-state index is -1.21. The maximum atomic E-state index is 11.2. The van der Waals surface area contributed by atoms with E-state index in [2.05, 4.69) is 10.1 Å². The van der Waals surface area contributed by atoms with Crippen LogP contribution in [0.3, 0.4) is 0 Å². The van der Waals surface area contributed by atoms with Crippen molar-refractivity contribution in [1.82, 2.24) is 14.8 Å². The van der Waals surface area contributed by atoms with Gasteiger partial charge in [-0.2, -0.15) is 0 Å². The van der Waals surface area contributed by atoms with Crippen LogP contribution in [0.1, 0.15) is 10.6 Å². The number of nitrogens with zero attached hydrogens (tertiary/aromatic N) is 3. The van der Waals surface area contributed by atoms with Crippen LogP contribution in [-0.2, 0) is 0 Å². The number of hydrogen-bond donors (Lipinski definition) is 1. The molecule has 5 nitrogen and oxygen atoms in total. The number of carbonyl (C=O) groups is 1. The summed E-state index contributed by atoms with van der Waals surface area (Å²) in [5.74, 6) is -1.12. The largest absolute Gasteiger partial charge is 0.475 e. The summed E-state index contributed by atoms with van der Waals surface area (Å²) in [4.78, 5) is 15.3. The van der Waals surface area contributed by atoms with E-state index >= 15 is 0 Å². The van der Waals surface area contributed by atoms with Crippen molar-refractivity contribution in [1.29, 1.82) is 0 Å². The summed E-state index contributed by atoms with van der Waals surface area (Å²) in [7, 11) is 0. The summed E-state index contributed by atoms with van der Waals surface area (Å²) >= 11 is 12.1. The van der Waals surface area contributed by atoms with E-state index in [-0.39, 0.29) is 5.82 Å². The van der Waals surface area contributed by atoms with Crippen molar-refractivity contribution in [2.75, 3.05) is 0 Å². The molecule has 0 radical (unpaired) electrons. The van der Waals surface area contributed by atoms with Crippen molar-refractivity contribution in [2.24, 2.45) is 0 Å². The Morgan fingerprint density at radius 2 is 1.82 bits per heavy atom. The van der Waals surface area contributed by atoms with Gasteiger partial charge in [-0.15, -0.1) is 5.10 Å². The first kappa shape index (κ1) is 14.6. The summed E-state index contributed by atoms with van der Waals surface area (Å²) < 4.78 is 1.40. The highest BCUT2D eigenvalue weighted by atomic mass is 35.5. The fraction of sp³-hybridized carbons (Fsp3) is 0. The molecule has 0 aliphatic rings. The maximum Gasteiger partial charge on any atom is 0.375 e. The van der Waals surface area contributed by atoms with Gasteiger partial charge >= 0.3 is 5.97 Å². The zero-order chi connectivity index (χ0) is 15.7. The summed E-state index contributed by atoms with van der Waals surface area (Å²) in [5, 5.41) is 14.0. The van der Waals surface area contributed by atoms with Crippen LogP contribution in [0.25, 0.3) is 17.1 Å². The van der Waals surface area contributed by atoms with E-state index in [0.29, 0.717) is 21.6 Å². The quantitative estimate of drug-likeness (QED) is 0.788. The second kappa shape index (κ2) is 5.79. The average molecular weight is 334 g/mol. The highest BCUT2D eigenvalue weighted by Gasteiger charge is 2.19. The molecular weight excluding hydrogens is 325 g/mol. The molecule has 1 heterocycles. The minimum Gasteiger partial charge on any atom is -0.475 e. The third-order valence-corrected chi connectivity index (χ3v) is 3.51. The van der Waals surface area contributed by atoms with Crippen LogP contribution in [0.5, 0.6) is 0 Å². The molecule has 3 aromatic rings. The number of rotatable bonds is 3.